The first-order valence-electron chi connectivity index (χ1n) is 8.93. The van der Waals surface area contributed by atoms with E-state index >= 15 is 0 Å². The van der Waals surface area contributed by atoms with Crippen molar-refractivity contribution in [2.24, 2.45) is 0 Å². The van der Waals surface area contributed by atoms with Crippen LogP contribution in [0.5, 0.6) is 5.75 Å². The molecule has 0 radical (unpaired) electrons. The van der Waals surface area contributed by atoms with E-state index < -0.39 is 17.6 Å². The standard InChI is InChI=1S/C21H22F3NO4/c1-14-3-5-15(6-4-14)18(26)8-10-20(27)25-17-13-16(21(22,23)24)7-9-19(17)29-12-11-28-2/h3-7,9,13H,8,10-12H2,1-2H3,(H,25,27). The second-order valence-corrected chi connectivity index (χ2v) is 6.39. The molecule has 8 heteroatoms. The fraction of sp³-hybridized carbons (Fsp3) is 0.333. The minimum Gasteiger partial charge on any atom is -0.489 e. The fourth-order valence-electron chi connectivity index (χ4n) is 2.49. The Labute approximate surface area is 166 Å². The number of alkyl halides is 3. The van der Waals surface area contributed by atoms with E-state index in [4.69, 9.17) is 9.47 Å². The molecule has 0 saturated carbocycles. The SMILES string of the molecule is COCCOc1ccc(C(F)(F)F)cc1NC(=O)CCC(=O)c1ccc(C)cc1. The summed E-state index contributed by atoms with van der Waals surface area (Å²) in [4.78, 5) is 24.4. The Morgan fingerprint density at radius 3 is 2.31 bits per heavy atom. The van der Waals surface area contributed by atoms with Crippen LogP contribution < -0.4 is 10.1 Å². The zero-order valence-electron chi connectivity index (χ0n) is 16.1. The molecule has 0 unspecified atom stereocenters. The second-order valence-electron chi connectivity index (χ2n) is 6.39. The third-order valence-electron chi connectivity index (χ3n) is 4.08. The van der Waals surface area contributed by atoms with Crippen LogP contribution in [0.2, 0.25) is 0 Å². The predicted octanol–water partition coefficient (Wildman–Crippen LogP) is 4.64. The van der Waals surface area contributed by atoms with E-state index in [0.717, 1.165) is 23.8 Å². The van der Waals surface area contributed by atoms with Crippen molar-refractivity contribution < 1.29 is 32.2 Å². The Morgan fingerprint density at radius 1 is 1.00 bits per heavy atom. The lowest BCUT2D eigenvalue weighted by Crippen LogP contribution is -2.16. The molecule has 0 atom stereocenters. The molecule has 0 heterocycles. The number of carbonyl (C=O) groups excluding carboxylic acids is 2. The summed E-state index contributed by atoms with van der Waals surface area (Å²) in [5.74, 6) is -0.713. The second kappa shape index (κ2) is 10.1. The van der Waals surface area contributed by atoms with Crippen molar-refractivity contribution in [3.8, 4) is 5.75 Å². The monoisotopic (exact) mass is 409 g/mol. The lowest BCUT2D eigenvalue weighted by Gasteiger charge is -2.15. The number of rotatable bonds is 9. The van der Waals surface area contributed by atoms with Gasteiger partial charge in [-0.05, 0) is 25.1 Å². The molecule has 0 fully saturated rings. The third kappa shape index (κ3) is 6.90. The maximum atomic E-state index is 13.0. The van der Waals surface area contributed by atoms with Gasteiger partial charge in [-0.2, -0.15) is 13.2 Å². The molecule has 1 N–H and O–H groups in total. The molecule has 0 aromatic heterocycles. The van der Waals surface area contributed by atoms with Crippen LogP contribution in [0.15, 0.2) is 42.5 Å². The Hall–Kier alpha value is -2.87. The van der Waals surface area contributed by atoms with Gasteiger partial charge in [0.25, 0.3) is 0 Å². The minimum atomic E-state index is -4.56. The molecule has 5 nitrogen and oxygen atoms in total. The molecule has 0 bridgehead atoms. The lowest BCUT2D eigenvalue weighted by molar-refractivity contribution is -0.137. The van der Waals surface area contributed by atoms with Crippen molar-refractivity contribution in [2.75, 3.05) is 25.6 Å². The van der Waals surface area contributed by atoms with Crippen LogP contribution in [0.1, 0.15) is 34.3 Å². The minimum absolute atomic E-state index is 0.0618. The molecular weight excluding hydrogens is 387 g/mol. The number of benzene rings is 2. The number of ketones is 1. The topological polar surface area (TPSA) is 64.6 Å². The zero-order chi connectivity index (χ0) is 21.4. The highest BCUT2D eigenvalue weighted by Crippen LogP contribution is 2.35. The number of Topliss-reactive ketones (excluding diaryl/α,β-unsaturated/α-hetero) is 1. The molecular formula is C21H22F3NO4. The number of methoxy groups -OCH3 is 1. The van der Waals surface area contributed by atoms with Gasteiger partial charge in [-0.3, -0.25) is 9.59 Å². The smallest absolute Gasteiger partial charge is 0.416 e. The van der Waals surface area contributed by atoms with E-state index in [2.05, 4.69) is 5.32 Å². The normalized spacial score (nSPS) is 11.2. The quantitative estimate of drug-likeness (QED) is 0.484. The first-order valence-corrected chi connectivity index (χ1v) is 8.93. The molecule has 156 valence electrons. The number of nitrogens with one attached hydrogen (secondary N) is 1. The van der Waals surface area contributed by atoms with E-state index in [1.54, 1.807) is 24.3 Å². The van der Waals surface area contributed by atoms with Crippen LogP contribution >= 0.6 is 0 Å². The van der Waals surface area contributed by atoms with Gasteiger partial charge in [-0.1, -0.05) is 29.8 Å². The molecule has 2 rings (SSSR count). The van der Waals surface area contributed by atoms with Gasteiger partial charge < -0.3 is 14.8 Å². The van der Waals surface area contributed by atoms with E-state index in [0.29, 0.717) is 5.56 Å². The van der Waals surface area contributed by atoms with E-state index in [1.807, 2.05) is 6.92 Å². The average Bonchev–Trinajstić information content (AvgIpc) is 2.67. The van der Waals surface area contributed by atoms with Crippen LogP contribution in [0.25, 0.3) is 0 Å². The summed E-state index contributed by atoms with van der Waals surface area (Å²) in [6, 6.07) is 9.75. The molecule has 0 aliphatic heterocycles. The van der Waals surface area contributed by atoms with E-state index in [1.165, 1.54) is 7.11 Å². The largest absolute Gasteiger partial charge is 0.489 e. The van der Waals surface area contributed by atoms with Gasteiger partial charge in [0.2, 0.25) is 5.91 Å². The number of ether oxygens (including phenoxy) is 2. The van der Waals surface area contributed by atoms with Crippen molar-refractivity contribution in [3.63, 3.8) is 0 Å². The number of amides is 1. The van der Waals surface area contributed by atoms with Crippen LogP contribution in [0.3, 0.4) is 0 Å². The van der Waals surface area contributed by atoms with Crippen molar-refractivity contribution in [2.45, 2.75) is 25.9 Å². The highest BCUT2D eigenvalue weighted by atomic mass is 19.4. The summed E-state index contributed by atoms with van der Waals surface area (Å²) in [5.41, 5.74) is 0.460. The number of aryl methyl sites for hydroxylation is 1. The Balaban J connectivity index is 2.06. The van der Waals surface area contributed by atoms with Crippen LogP contribution in [0.4, 0.5) is 18.9 Å². The summed E-state index contributed by atoms with van der Waals surface area (Å²) in [6.45, 7) is 2.24. The number of carbonyl (C=O) groups is 2. The summed E-state index contributed by atoms with van der Waals surface area (Å²) in [6.07, 6.45) is -4.79. The van der Waals surface area contributed by atoms with Crippen LogP contribution in [-0.2, 0) is 15.7 Å². The van der Waals surface area contributed by atoms with Crippen LogP contribution in [0, 0.1) is 6.92 Å². The Morgan fingerprint density at radius 2 is 1.69 bits per heavy atom. The number of hydrogen-bond acceptors (Lipinski definition) is 4. The maximum Gasteiger partial charge on any atom is 0.416 e. The molecule has 0 saturated heterocycles. The molecule has 1 amide bonds. The summed E-state index contributed by atoms with van der Waals surface area (Å²) in [7, 11) is 1.46. The highest BCUT2D eigenvalue weighted by Gasteiger charge is 2.31. The first kappa shape index (κ1) is 22.4. The van der Waals surface area contributed by atoms with E-state index in [-0.39, 0.29) is 43.3 Å². The summed E-state index contributed by atoms with van der Waals surface area (Å²) >= 11 is 0. The van der Waals surface area contributed by atoms with Gasteiger partial charge in [-0.25, -0.2) is 0 Å². The first-order chi connectivity index (χ1) is 13.7. The Bertz CT molecular complexity index is 848. The van der Waals surface area contributed by atoms with Crippen molar-refractivity contribution >= 4 is 17.4 Å². The summed E-state index contributed by atoms with van der Waals surface area (Å²) < 4.78 is 49.2. The molecule has 0 spiro atoms. The van der Waals surface area contributed by atoms with Crippen LogP contribution in [-0.4, -0.2) is 32.0 Å². The average molecular weight is 409 g/mol. The maximum absolute atomic E-state index is 13.0. The molecule has 2 aromatic carbocycles. The van der Waals surface area contributed by atoms with Crippen molar-refractivity contribution in [1.82, 2.24) is 0 Å². The van der Waals surface area contributed by atoms with E-state index in [9.17, 15) is 22.8 Å². The number of anilines is 1. The van der Waals surface area contributed by atoms with Gasteiger partial charge in [-0.15, -0.1) is 0 Å². The molecule has 29 heavy (non-hydrogen) atoms. The molecule has 0 aliphatic rings. The fourth-order valence-corrected chi connectivity index (χ4v) is 2.49. The lowest BCUT2D eigenvalue weighted by atomic mass is 10.0. The van der Waals surface area contributed by atoms with Gasteiger partial charge >= 0.3 is 6.18 Å². The van der Waals surface area contributed by atoms with Gasteiger partial charge in [0.1, 0.15) is 12.4 Å². The summed E-state index contributed by atoms with van der Waals surface area (Å²) in [5, 5.41) is 2.41. The third-order valence-corrected chi connectivity index (χ3v) is 4.08. The molecule has 2 aromatic rings. The van der Waals surface area contributed by atoms with Crippen molar-refractivity contribution in [1.29, 1.82) is 0 Å². The zero-order valence-corrected chi connectivity index (χ0v) is 16.1. The van der Waals surface area contributed by atoms with Gasteiger partial charge in [0, 0.05) is 25.5 Å². The van der Waals surface area contributed by atoms with Gasteiger partial charge in [0.15, 0.2) is 5.78 Å². The highest BCUT2D eigenvalue weighted by molar-refractivity contribution is 6.00. The predicted molar refractivity (Wildman–Crippen MR) is 102 cm³/mol. The van der Waals surface area contributed by atoms with Gasteiger partial charge in [0.05, 0.1) is 17.9 Å². The molecule has 0 aliphatic carbocycles. The number of halogens is 3. The van der Waals surface area contributed by atoms with Crippen molar-refractivity contribution in [3.05, 3.63) is 59.2 Å². The Kier molecular flexibility index (Phi) is 7.78. The number of hydrogen-bond donors (Lipinski definition) is 1.